The average Bonchev–Trinajstić information content (AvgIpc) is 3.17. The largest absolute Gasteiger partial charge is 0.462 e. The van der Waals surface area contributed by atoms with E-state index < -0.39 is 6.10 Å². The van der Waals surface area contributed by atoms with Crippen molar-refractivity contribution in [2.24, 2.45) is 0 Å². The molecule has 54 heavy (non-hydrogen) atoms. The van der Waals surface area contributed by atoms with Gasteiger partial charge >= 0.3 is 17.9 Å². The predicted octanol–water partition coefficient (Wildman–Crippen LogP) is 15.0. The summed E-state index contributed by atoms with van der Waals surface area (Å²) < 4.78 is 16.7. The van der Waals surface area contributed by atoms with Crippen molar-refractivity contribution < 1.29 is 28.6 Å². The highest BCUT2D eigenvalue weighted by molar-refractivity contribution is 5.71. The Bertz CT molecular complexity index is 839. The molecule has 0 bridgehead atoms. The molecule has 0 saturated heterocycles. The molecule has 0 rings (SSSR count). The molecular formula is C48H90O6. The third-order valence-corrected chi connectivity index (χ3v) is 10.5. The molecule has 0 aliphatic rings. The minimum atomic E-state index is -0.771. The molecule has 0 aromatic carbocycles. The summed E-state index contributed by atoms with van der Waals surface area (Å²) in [6, 6.07) is 0. The second-order valence-corrected chi connectivity index (χ2v) is 16.0. The lowest BCUT2D eigenvalue weighted by Gasteiger charge is -2.18. The summed E-state index contributed by atoms with van der Waals surface area (Å²) in [7, 11) is 0. The Morgan fingerprint density at radius 3 is 1.00 bits per heavy atom. The Balaban J connectivity index is 4.29. The fourth-order valence-electron chi connectivity index (χ4n) is 6.92. The quantitative estimate of drug-likeness (QED) is 0.0266. The molecule has 1 unspecified atom stereocenters. The van der Waals surface area contributed by atoms with Crippen molar-refractivity contribution >= 4 is 17.9 Å². The second kappa shape index (κ2) is 43.9. The summed E-state index contributed by atoms with van der Waals surface area (Å²) in [5.74, 6) is -0.901. The Labute approximate surface area is 335 Å². The number of ether oxygens (including phenoxy) is 3. The van der Waals surface area contributed by atoms with E-state index in [-0.39, 0.29) is 31.1 Å². The average molecular weight is 763 g/mol. The van der Waals surface area contributed by atoms with Crippen molar-refractivity contribution in [1.29, 1.82) is 0 Å². The SMILES string of the molecule is CCCCCC/C=C\CCCC(=O)OCC(COC(=O)CCCCCCCCCCCCCCCCCC)OC(=O)CCCCCCCCCCCCC. The van der Waals surface area contributed by atoms with E-state index in [1.165, 1.54) is 161 Å². The highest BCUT2D eigenvalue weighted by atomic mass is 16.6. The molecular weight excluding hydrogens is 673 g/mol. The molecule has 6 heteroatoms. The maximum absolute atomic E-state index is 12.7. The van der Waals surface area contributed by atoms with Crippen molar-refractivity contribution in [3.05, 3.63) is 12.2 Å². The van der Waals surface area contributed by atoms with Gasteiger partial charge in [-0.1, -0.05) is 213 Å². The molecule has 0 aliphatic carbocycles. The molecule has 0 spiro atoms. The summed E-state index contributed by atoms with van der Waals surface area (Å²) in [4.78, 5) is 37.7. The molecule has 6 nitrogen and oxygen atoms in total. The monoisotopic (exact) mass is 763 g/mol. The molecule has 0 saturated carbocycles. The van der Waals surface area contributed by atoms with E-state index in [9.17, 15) is 14.4 Å². The molecule has 1 atom stereocenters. The lowest BCUT2D eigenvalue weighted by molar-refractivity contribution is -0.167. The van der Waals surface area contributed by atoms with E-state index in [4.69, 9.17) is 14.2 Å². The lowest BCUT2D eigenvalue weighted by Crippen LogP contribution is -2.30. The smallest absolute Gasteiger partial charge is 0.306 e. The van der Waals surface area contributed by atoms with Gasteiger partial charge < -0.3 is 14.2 Å². The predicted molar refractivity (Wildman–Crippen MR) is 229 cm³/mol. The van der Waals surface area contributed by atoms with Gasteiger partial charge in [0.05, 0.1) is 0 Å². The van der Waals surface area contributed by atoms with E-state index in [2.05, 4.69) is 32.9 Å². The zero-order chi connectivity index (χ0) is 39.4. The van der Waals surface area contributed by atoms with Crippen LogP contribution in [0, 0.1) is 0 Å². The zero-order valence-corrected chi connectivity index (χ0v) is 36.3. The van der Waals surface area contributed by atoms with Crippen LogP contribution < -0.4 is 0 Å². The van der Waals surface area contributed by atoms with Crippen molar-refractivity contribution in [2.45, 2.75) is 264 Å². The van der Waals surface area contributed by atoms with E-state index in [1.54, 1.807) is 0 Å². The molecule has 0 N–H and O–H groups in total. The Morgan fingerprint density at radius 2 is 0.630 bits per heavy atom. The van der Waals surface area contributed by atoms with Crippen LogP contribution >= 0.6 is 0 Å². The van der Waals surface area contributed by atoms with Crippen LogP contribution in [0.3, 0.4) is 0 Å². The highest BCUT2D eigenvalue weighted by Crippen LogP contribution is 2.16. The molecule has 0 aliphatic heterocycles. The molecule has 0 aromatic heterocycles. The highest BCUT2D eigenvalue weighted by Gasteiger charge is 2.19. The summed E-state index contributed by atoms with van der Waals surface area (Å²) in [6.45, 7) is 6.59. The number of rotatable bonds is 43. The maximum atomic E-state index is 12.7. The van der Waals surface area contributed by atoms with E-state index in [0.717, 1.165) is 57.8 Å². The van der Waals surface area contributed by atoms with Gasteiger partial charge in [-0.05, 0) is 38.5 Å². The second-order valence-electron chi connectivity index (χ2n) is 16.0. The summed E-state index contributed by atoms with van der Waals surface area (Å²) in [6.07, 6.45) is 46.3. The number of carbonyl (C=O) groups is 3. The number of hydrogen-bond donors (Lipinski definition) is 0. The van der Waals surface area contributed by atoms with Gasteiger partial charge in [-0.15, -0.1) is 0 Å². The lowest BCUT2D eigenvalue weighted by atomic mass is 10.0. The minimum absolute atomic E-state index is 0.0737. The maximum Gasteiger partial charge on any atom is 0.306 e. The first kappa shape index (κ1) is 52.2. The van der Waals surface area contributed by atoms with Crippen LogP contribution in [-0.4, -0.2) is 37.2 Å². The third-order valence-electron chi connectivity index (χ3n) is 10.5. The van der Waals surface area contributed by atoms with Gasteiger partial charge in [0.2, 0.25) is 0 Å². The van der Waals surface area contributed by atoms with Crippen molar-refractivity contribution in [1.82, 2.24) is 0 Å². The van der Waals surface area contributed by atoms with Crippen LogP contribution in [0.4, 0.5) is 0 Å². The Morgan fingerprint density at radius 1 is 0.352 bits per heavy atom. The van der Waals surface area contributed by atoms with Gasteiger partial charge in [-0.25, -0.2) is 0 Å². The zero-order valence-electron chi connectivity index (χ0n) is 36.3. The number of esters is 3. The summed E-state index contributed by atoms with van der Waals surface area (Å²) >= 11 is 0. The standard InChI is InChI=1S/C48H90O6/c1-4-7-10-13-16-19-21-22-23-24-25-27-29-32-35-38-41-47(50)53-44-45(43-52-46(49)40-37-34-31-28-18-15-12-9-6-3)54-48(51)42-39-36-33-30-26-20-17-14-11-8-5-2/h28,31,45H,4-27,29-30,32-44H2,1-3H3/b31-28-. The number of unbranched alkanes of at least 4 members (excludes halogenated alkanes) is 30. The molecule has 0 aromatic rings. The fraction of sp³-hybridized carbons (Fsp3) is 0.896. The third kappa shape index (κ3) is 41.3. The van der Waals surface area contributed by atoms with Crippen LogP contribution in [0.2, 0.25) is 0 Å². The fourth-order valence-corrected chi connectivity index (χ4v) is 6.92. The van der Waals surface area contributed by atoms with Crippen LogP contribution in [0.15, 0.2) is 12.2 Å². The number of carbonyl (C=O) groups excluding carboxylic acids is 3. The topological polar surface area (TPSA) is 78.9 Å². The molecule has 0 amide bonds. The van der Waals surface area contributed by atoms with Crippen LogP contribution in [0.25, 0.3) is 0 Å². The Kier molecular flexibility index (Phi) is 42.4. The number of hydrogen-bond acceptors (Lipinski definition) is 6. The van der Waals surface area contributed by atoms with Gasteiger partial charge in [0.1, 0.15) is 13.2 Å². The van der Waals surface area contributed by atoms with Crippen molar-refractivity contribution in [2.75, 3.05) is 13.2 Å². The summed E-state index contributed by atoms with van der Waals surface area (Å²) in [5.41, 5.74) is 0. The summed E-state index contributed by atoms with van der Waals surface area (Å²) in [5, 5.41) is 0. The van der Waals surface area contributed by atoms with Crippen LogP contribution in [0.5, 0.6) is 0 Å². The van der Waals surface area contributed by atoms with Gasteiger partial charge in [-0.3, -0.25) is 14.4 Å². The van der Waals surface area contributed by atoms with E-state index in [0.29, 0.717) is 19.3 Å². The molecule has 318 valence electrons. The van der Waals surface area contributed by atoms with E-state index >= 15 is 0 Å². The van der Waals surface area contributed by atoms with Gasteiger partial charge in [0.25, 0.3) is 0 Å². The van der Waals surface area contributed by atoms with Crippen LogP contribution in [-0.2, 0) is 28.6 Å². The molecule has 0 fully saturated rings. The van der Waals surface area contributed by atoms with Crippen molar-refractivity contribution in [3.8, 4) is 0 Å². The van der Waals surface area contributed by atoms with Gasteiger partial charge in [0.15, 0.2) is 6.10 Å². The minimum Gasteiger partial charge on any atom is -0.462 e. The van der Waals surface area contributed by atoms with Gasteiger partial charge in [0, 0.05) is 19.3 Å². The molecule has 0 radical (unpaired) electrons. The molecule has 0 heterocycles. The van der Waals surface area contributed by atoms with Crippen molar-refractivity contribution in [3.63, 3.8) is 0 Å². The Hall–Kier alpha value is -1.85. The van der Waals surface area contributed by atoms with Gasteiger partial charge in [-0.2, -0.15) is 0 Å². The first-order chi connectivity index (χ1) is 26.5. The van der Waals surface area contributed by atoms with E-state index in [1.807, 2.05) is 0 Å². The first-order valence-corrected chi connectivity index (χ1v) is 23.7. The normalized spacial score (nSPS) is 12.0. The number of allylic oxidation sites excluding steroid dienone is 2. The van der Waals surface area contributed by atoms with Crippen LogP contribution in [0.1, 0.15) is 258 Å². The first-order valence-electron chi connectivity index (χ1n) is 23.7.